The zero-order valence-electron chi connectivity index (χ0n) is 20.3. The van der Waals surface area contributed by atoms with Crippen LogP contribution < -0.4 is 0 Å². The van der Waals surface area contributed by atoms with Crippen molar-refractivity contribution in [3.63, 3.8) is 0 Å². The lowest BCUT2D eigenvalue weighted by Crippen LogP contribution is -2.50. The van der Waals surface area contributed by atoms with Gasteiger partial charge >= 0.3 is 6.18 Å². The van der Waals surface area contributed by atoms with Crippen molar-refractivity contribution in [2.24, 2.45) is 0 Å². The van der Waals surface area contributed by atoms with E-state index in [1.165, 1.54) is 12.1 Å². The molecule has 36 heavy (non-hydrogen) atoms. The van der Waals surface area contributed by atoms with Gasteiger partial charge in [0.25, 0.3) is 10.1 Å². The summed E-state index contributed by atoms with van der Waals surface area (Å²) in [5.74, 6) is -0.217. The van der Waals surface area contributed by atoms with Crippen LogP contribution in [0.25, 0.3) is 0 Å². The molecule has 0 heterocycles. The van der Waals surface area contributed by atoms with Crippen LogP contribution in [0.15, 0.2) is 78.9 Å². The number of rotatable bonds is 10. The lowest BCUT2D eigenvalue weighted by atomic mass is 9.89. The van der Waals surface area contributed by atoms with Crippen molar-refractivity contribution in [3.8, 4) is 0 Å². The molecule has 0 bridgehead atoms. The van der Waals surface area contributed by atoms with Crippen molar-refractivity contribution in [2.45, 2.75) is 44.6 Å². The lowest BCUT2D eigenvalue weighted by molar-refractivity contribution is -0.137. The monoisotopic (exact) mass is 539 g/mol. The summed E-state index contributed by atoms with van der Waals surface area (Å²) in [4.78, 5) is 1.75. The second-order valence-electron chi connectivity index (χ2n) is 8.85. The van der Waals surface area contributed by atoms with Gasteiger partial charge in [0.1, 0.15) is 5.72 Å². The summed E-state index contributed by atoms with van der Waals surface area (Å²) in [6, 6.07) is 23.0. The summed E-state index contributed by atoms with van der Waals surface area (Å²) in [5.41, 5.74) is -0.106. The van der Waals surface area contributed by atoms with Crippen molar-refractivity contribution >= 4 is 21.7 Å². The minimum atomic E-state index is -4.62. The van der Waals surface area contributed by atoms with Crippen LogP contribution in [0.1, 0.15) is 48.4 Å². The van der Waals surface area contributed by atoms with Gasteiger partial charge < -0.3 is 0 Å². The first-order valence-electron chi connectivity index (χ1n) is 11.4. The molecule has 3 aromatic carbocycles. The van der Waals surface area contributed by atoms with Gasteiger partial charge in [0.15, 0.2) is 0 Å². The molecule has 0 amide bonds. The maximum absolute atomic E-state index is 13.5. The van der Waals surface area contributed by atoms with E-state index in [0.29, 0.717) is 0 Å². The van der Waals surface area contributed by atoms with Crippen LogP contribution in [-0.4, -0.2) is 31.8 Å². The molecule has 0 N–H and O–H groups in total. The molecule has 3 aromatic rings. The summed E-state index contributed by atoms with van der Waals surface area (Å²) in [5, 5.41) is -0.413. The van der Waals surface area contributed by atoms with Crippen molar-refractivity contribution in [2.75, 3.05) is 12.8 Å². The van der Waals surface area contributed by atoms with Crippen LogP contribution in [0.5, 0.6) is 0 Å². The fraction of sp³-hybridized carbons (Fsp3) is 0.333. The molecule has 0 aromatic heterocycles. The largest absolute Gasteiger partial charge is 0.417 e. The van der Waals surface area contributed by atoms with Gasteiger partial charge in [0.05, 0.1) is 16.8 Å². The molecule has 0 radical (unpaired) electrons. The van der Waals surface area contributed by atoms with E-state index in [4.69, 9.17) is 15.8 Å². The van der Waals surface area contributed by atoms with Crippen LogP contribution in [-0.2, 0) is 27.0 Å². The van der Waals surface area contributed by atoms with Gasteiger partial charge in [-0.3, -0.25) is 4.90 Å². The van der Waals surface area contributed by atoms with Crippen LogP contribution in [0.4, 0.5) is 13.2 Å². The summed E-state index contributed by atoms with van der Waals surface area (Å²) < 4.78 is 70.6. The zero-order chi connectivity index (χ0) is 26.6. The fourth-order valence-electron chi connectivity index (χ4n) is 4.21. The van der Waals surface area contributed by atoms with Gasteiger partial charge in [-0.2, -0.15) is 21.6 Å². The molecular weight excluding hydrogens is 511 g/mol. The predicted octanol–water partition coefficient (Wildman–Crippen LogP) is 7.10. The highest BCUT2D eigenvalue weighted by molar-refractivity contribution is 7.86. The molecule has 0 aliphatic carbocycles. The van der Waals surface area contributed by atoms with E-state index in [-0.39, 0.29) is 31.0 Å². The van der Waals surface area contributed by atoms with Crippen LogP contribution >= 0.6 is 11.6 Å². The first kappa shape index (κ1) is 28.2. The van der Waals surface area contributed by atoms with E-state index in [0.717, 1.165) is 23.4 Å². The quantitative estimate of drug-likeness (QED) is 0.204. The average molecular weight is 540 g/mol. The number of alkyl halides is 3. The van der Waals surface area contributed by atoms with Crippen LogP contribution in [0.2, 0.25) is 5.02 Å². The second kappa shape index (κ2) is 11.3. The van der Waals surface area contributed by atoms with Gasteiger partial charge in [-0.25, -0.2) is 4.18 Å². The van der Waals surface area contributed by atoms with Gasteiger partial charge in [0.2, 0.25) is 0 Å². The van der Waals surface area contributed by atoms with E-state index in [9.17, 15) is 21.6 Å². The van der Waals surface area contributed by atoms with E-state index in [1.54, 1.807) is 18.7 Å². The van der Waals surface area contributed by atoms with Crippen molar-refractivity contribution in [1.82, 2.24) is 4.90 Å². The van der Waals surface area contributed by atoms with E-state index in [2.05, 4.69) is 0 Å². The smallest absolute Gasteiger partial charge is 0.270 e. The minimum absolute atomic E-state index is 0.0568. The summed E-state index contributed by atoms with van der Waals surface area (Å²) in [6.07, 6.45) is -3.40. The minimum Gasteiger partial charge on any atom is -0.270 e. The van der Waals surface area contributed by atoms with Crippen molar-refractivity contribution in [3.05, 3.63) is 106 Å². The highest BCUT2D eigenvalue weighted by atomic mass is 35.5. The number of halogens is 4. The molecule has 3 rings (SSSR count). The Morgan fingerprint density at radius 3 is 1.89 bits per heavy atom. The summed E-state index contributed by atoms with van der Waals surface area (Å²) >= 11 is 6.23. The first-order valence-corrected chi connectivity index (χ1v) is 13.6. The van der Waals surface area contributed by atoms with Gasteiger partial charge in [-0.05, 0) is 36.1 Å². The SMILES string of the molecule is CC[C@](C)(OS(C)(=O)=O)N(Cc1cccc(C(F)(F)F)c1Cl)CC(c1ccccc1)c1ccccc1. The third kappa shape index (κ3) is 7.09. The molecule has 0 saturated heterocycles. The molecule has 0 spiro atoms. The molecule has 194 valence electrons. The fourth-order valence-corrected chi connectivity index (χ4v) is 5.38. The first-order chi connectivity index (χ1) is 16.8. The predicted molar refractivity (Wildman–Crippen MR) is 136 cm³/mol. The number of hydrogen-bond donors (Lipinski definition) is 0. The maximum atomic E-state index is 13.5. The molecule has 9 heteroatoms. The standard InChI is InChI=1S/C27H29ClF3NO3S/c1-4-26(2,35-36(3,33)34)32(18-22-16-11-17-24(25(22)28)27(29,30)31)19-23(20-12-7-5-8-13-20)21-14-9-6-10-15-21/h5-17,23H,4,18-19H2,1-3H3/t26-/m0/s1. The molecule has 0 fully saturated rings. The topological polar surface area (TPSA) is 46.6 Å². The lowest BCUT2D eigenvalue weighted by Gasteiger charge is -2.41. The van der Waals surface area contributed by atoms with Crippen molar-refractivity contribution < 1.29 is 25.8 Å². The highest BCUT2D eigenvalue weighted by Gasteiger charge is 2.39. The second-order valence-corrected chi connectivity index (χ2v) is 10.8. The van der Waals surface area contributed by atoms with E-state index in [1.807, 2.05) is 60.7 Å². The van der Waals surface area contributed by atoms with Crippen LogP contribution in [0.3, 0.4) is 0 Å². The van der Waals surface area contributed by atoms with Gasteiger partial charge in [-0.15, -0.1) is 0 Å². The molecule has 0 aliphatic rings. The van der Waals surface area contributed by atoms with Gasteiger partial charge in [-0.1, -0.05) is 91.3 Å². The molecule has 4 nitrogen and oxygen atoms in total. The Morgan fingerprint density at radius 2 is 1.44 bits per heavy atom. The Labute approximate surface area is 215 Å². The Hall–Kier alpha value is -2.39. The van der Waals surface area contributed by atoms with E-state index >= 15 is 0 Å². The Morgan fingerprint density at radius 1 is 0.917 bits per heavy atom. The summed E-state index contributed by atoms with van der Waals surface area (Å²) in [7, 11) is -3.89. The average Bonchev–Trinajstić information content (AvgIpc) is 2.82. The normalized spacial score (nSPS) is 14.2. The molecule has 0 saturated carbocycles. The third-order valence-electron chi connectivity index (χ3n) is 6.21. The maximum Gasteiger partial charge on any atom is 0.417 e. The van der Waals surface area contributed by atoms with E-state index < -0.39 is 32.6 Å². The third-order valence-corrected chi connectivity index (χ3v) is 7.32. The number of nitrogens with zero attached hydrogens (tertiary/aromatic N) is 1. The van der Waals surface area contributed by atoms with Gasteiger partial charge in [0, 0.05) is 19.0 Å². The zero-order valence-corrected chi connectivity index (χ0v) is 21.9. The highest BCUT2D eigenvalue weighted by Crippen LogP contribution is 2.38. The van der Waals surface area contributed by atoms with Crippen LogP contribution in [0, 0.1) is 0 Å². The molecule has 1 atom stereocenters. The molecular formula is C27H29ClF3NO3S. The Balaban J connectivity index is 2.12. The molecule has 0 unspecified atom stereocenters. The van der Waals surface area contributed by atoms with Crippen molar-refractivity contribution in [1.29, 1.82) is 0 Å². The summed E-state index contributed by atoms with van der Waals surface area (Å²) in [6.45, 7) is 3.60. The number of benzene rings is 3. The Bertz CT molecular complexity index is 1210. The number of hydrogen-bond acceptors (Lipinski definition) is 4. The molecule has 0 aliphatic heterocycles. The Kier molecular flexibility index (Phi) is 8.88.